The number of rotatable bonds is 1. The van der Waals surface area contributed by atoms with Crippen molar-refractivity contribution in [2.75, 3.05) is 13.6 Å². The molecule has 0 saturated heterocycles. The molecule has 0 unspecified atom stereocenters. The first kappa shape index (κ1) is 10.7. The van der Waals surface area contributed by atoms with Crippen molar-refractivity contribution >= 4 is 22.9 Å². The number of nitrogens with two attached hydrogens (primary N) is 1. The summed E-state index contributed by atoms with van der Waals surface area (Å²) in [4.78, 5) is 3.66. The molecule has 8 heavy (non-hydrogen) atoms. The van der Waals surface area contributed by atoms with Gasteiger partial charge in [0.25, 0.3) is 0 Å². The highest BCUT2D eigenvalue weighted by Gasteiger charge is 1.77. The van der Waals surface area contributed by atoms with Gasteiger partial charge in [0.05, 0.1) is 0 Å². The fraction of sp³-hybridized carbons (Fsp3) is 0.750. The lowest BCUT2D eigenvalue weighted by Crippen LogP contribution is -2.30. The van der Waals surface area contributed by atoms with Crippen LogP contribution in [0.4, 0.5) is 0 Å². The fourth-order valence-corrected chi connectivity index (χ4v) is 0.260. The monoisotopic (exact) mass is 181 g/mol. The molecule has 50 valence electrons. The minimum absolute atomic E-state index is 0. The topological polar surface area (TPSA) is 50.4 Å². The highest BCUT2D eigenvalue weighted by Crippen LogP contribution is 1.54. The van der Waals surface area contributed by atoms with E-state index in [-0.39, 0.29) is 17.0 Å². The lowest BCUT2D eigenvalue weighted by atomic mass is 10.7. The van der Waals surface area contributed by atoms with Crippen LogP contribution in [-0.2, 0) is 0 Å². The normalized spacial score (nSPS) is 10.0. The number of hydrogen-bond acceptors (Lipinski definition) is 1. The zero-order valence-electron chi connectivity index (χ0n) is 5.14. The van der Waals surface area contributed by atoms with Gasteiger partial charge in [0.2, 0.25) is 0 Å². The standard InChI is InChI=1S/C4H11N3.BrH/c1-3-7-4(5)6-2;/h3H2,1-2H3,(H3,5,6,7);1H. The number of guanidine groups is 1. The second-order valence-corrected chi connectivity index (χ2v) is 1.14. The molecule has 0 aromatic carbocycles. The Morgan fingerprint density at radius 1 is 1.75 bits per heavy atom. The quantitative estimate of drug-likeness (QED) is 0.447. The summed E-state index contributed by atoms with van der Waals surface area (Å²) < 4.78 is 0. The molecule has 0 atom stereocenters. The summed E-state index contributed by atoms with van der Waals surface area (Å²) >= 11 is 0. The molecule has 3 nitrogen and oxygen atoms in total. The molecule has 0 aliphatic carbocycles. The van der Waals surface area contributed by atoms with Gasteiger partial charge in [0.15, 0.2) is 5.96 Å². The average molecular weight is 182 g/mol. The van der Waals surface area contributed by atoms with Crippen LogP contribution in [0, 0.1) is 0 Å². The Hall–Kier alpha value is -0.250. The van der Waals surface area contributed by atoms with Gasteiger partial charge in [0, 0.05) is 13.6 Å². The molecule has 0 aliphatic heterocycles. The van der Waals surface area contributed by atoms with Gasteiger partial charge in [-0.05, 0) is 6.92 Å². The van der Waals surface area contributed by atoms with E-state index in [0.717, 1.165) is 6.54 Å². The van der Waals surface area contributed by atoms with Crippen LogP contribution in [0.25, 0.3) is 0 Å². The molecule has 0 amide bonds. The summed E-state index contributed by atoms with van der Waals surface area (Å²) in [5.74, 6) is 0.502. The van der Waals surface area contributed by atoms with Crippen molar-refractivity contribution in [1.82, 2.24) is 5.32 Å². The summed E-state index contributed by atoms with van der Waals surface area (Å²) in [6.07, 6.45) is 0. The van der Waals surface area contributed by atoms with Gasteiger partial charge in [-0.2, -0.15) is 0 Å². The highest BCUT2D eigenvalue weighted by molar-refractivity contribution is 8.93. The molecule has 0 spiro atoms. The molecule has 4 heteroatoms. The summed E-state index contributed by atoms with van der Waals surface area (Å²) in [5, 5.41) is 2.82. The van der Waals surface area contributed by atoms with Crippen LogP contribution in [0.2, 0.25) is 0 Å². The van der Waals surface area contributed by atoms with Gasteiger partial charge >= 0.3 is 0 Å². The van der Waals surface area contributed by atoms with Crippen molar-refractivity contribution in [2.24, 2.45) is 10.7 Å². The largest absolute Gasteiger partial charge is 0.370 e. The number of aliphatic imine (C=N–C) groups is 1. The predicted octanol–water partition coefficient (Wildman–Crippen LogP) is 0.118. The summed E-state index contributed by atoms with van der Waals surface area (Å²) in [5.41, 5.74) is 5.22. The number of nitrogens with zero attached hydrogens (tertiary/aromatic N) is 1. The molecule has 0 heterocycles. The third kappa shape index (κ3) is 5.75. The maximum Gasteiger partial charge on any atom is 0.188 e. The van der Waals surface area contributed by atoms with Gasteiger partial charge in [-0.15, -0.1) is 17.0 Å². The van der Waals surface area contributed by atoms with Crippen LogP contribution < -0.4 is 11.1 Å². The molecule has 0 radical (unpaired) electrons. The minimum atomic E-state index is 0. The van der Waals surface area contributed by atoms with E-state index < -0.39 is 0 Å². The van der Waals surface area contributed by atoms with E-state index in [1.165, 1.54) is 0 Å². The SMILES string of the molecule is Br.CCNC(N)=NC. The van der Waals surface area contributed by atoms with Crippen LogP contribution in [-0.4, -0.2) is 19.6 Å². The Morgan fingerprint density at radius 2 is 2.25 bits per heavy atom. The molecule has 3 N–H and O–H groups in total. The van der Waals surface area contributed by atoms with E-state index in [0.29, 0.717) is 5.96 Å². The van der Waals surface area contributed by atoms with Crippen LogP contribution >= 0.6 is 17.0 Å². The van der Waals surface area contributed by atoms with E-state index >= 15 is 0 Å². The Bertz CT molecular complexity index is 71.7. The lowest BCUT2D eigenvalue weighted by molar-refractivity contribution is 0.950. The van der Waals surface area contributed by atoms with Gasteiger partial charge in [-0.25, -0.2) is 0 Å². The predicted molar refractivity (Wildman–Crippen MR) is 41.5 cm³/mol. The average Bonchev–Trinajstić information content (AvgIpc) is 1.68. The van der Waals surface area contributed by atoms with Crippen molar-refractivity contribution in [3.63, 3.8) is 0 Å². The molecular weight excluding hydrogens is 170 g/mol. The van der Waals surface area contributed by atoms with Crippen LogP contribution in [0.5, 0.6) is 0 Å². The van der Waals surface area contributed by atoms with Crippen LogP contribution in [0.15, 0.2) is 4.99 Å². The maximum absolute atomic E-state index is 5.22. The summed E-state index contributed by atoms with van der Waals surface area (Å²) in [6.45, 7) is 2.81. The number of nitrogens with one attached hydrogen (secondary N) is 1. The van der Waals surface area contributed by atoms with E-state index in [9.17, 15) is 0 Å². The van der Waals surface area contributed by atoms with Gasteiger partial charge in [-0.3, -0.25) is 4.99 Å². The van der Waals surface area contributed by atoms with Crippen molar-refractivity contribution in [3.05, 3.63) is 0 Å². The molecular formula is C4H12BrN3. The Morgan fingerprint density at radius 3 is 2.38 bits per heavy atom. The zero-order valence-corrected chi connectivity index (χ0v) is 6.85. The van der Waals surface area contributed by atoms with E-state index in [1.807, 2.05) is 6.92 Å². The molecule has 0 aromatic rings. The van der Waals surface area contributed by atoms with Crippen molar-refractivity contribution in [3.8, 4) is 0 Å². The third-order valence-electron chi connectivity index (χ3n) is 0.599. The smallest absolute Gasteiger partial charge is 0.188 e. The van der Waals surface area contributed by atoms with Gasteiger partial charge < -0.3 is 11.1 Å². The second kappa shape index (κ2) is 6.75. The molecule has 0 fully saturated rings. The Balaban J connectivity index is 0. The molecule has 0 rings (SSSR count). The molecule has 0 bridgehead atoms. The lowest BCUT2D eigenvalue weighted by Gasteiger charge is -1.96. The first-order chi connectivity index (χ1) is 3.31. The Labute approximate surface area is 60.1 Å². The van der Waals surface area contributed by atoms with Gasteiger partial charge in [0.1, 0.15) is 0 Å². The number of halogens is 1. The fourth-order valence-electron chi connectivity index (χ4n) is 0.260. The summed E-state index contributed by atoms with van der Waals surface area (Å²) in [6, 6.07) is 0. The molecule has 0 aliphatic rings. The van der Waals surface area contributed by atoms with Crippen molar-refractivity contribution in [1.29, 1.82) is 0 Å². The highest BCUT2D eigenvalue weighted by atomic mass is 79.9. The minimum Gasteiger partial charge on any atom is -0.370 e. The van der Waals surface area contributed by atoms with E-state index in [4.69, 9.17) is 5.73 Å². The van der Waals surface area contributed by atoms with E-state index in [1.54, 1.807) is 7.05 Å². The maximum atomic E-state index is 5.22. The zero-order chi connectivity index (χ0) is 5.70. The Kier molecular flexibility index (Phi) is 9.01. The van der Waals surface area contributed by atoms with Gasteiger partial charge in [-0.1, -0.05) is 0 Å². The first-order valence-electron chi connectivity index (χ1n) is 2.27. The van der Waals surface area contributed by atoms with Crippen LogP contribution in [0.1, 0.15) is 6.92 Å². The molecule has 0 aromatic heterocycles. The second-order valence-electron chi connectivity index (χ2n) is 1.14. The van der Waals surface area contributed by atoms with Crippen LogP contribution in [0.3, 0.4) is 0 Å². The van der Waals surface area contributed by atoms with E-state index in [2.05, 4.69) is 10.3 Å². The summed E-state index contributed by atoms with van der Waals surface area (Å²) in [7, 11) is 1.65. The van der Waals surface area contributed by atoms with Crippen molar-refractivity contribution < 1.29 is 0 Å². The van der Waals surface area contributed by atoms with Crippen molar-refractivity contribution in [2.45, 2.75) is 6.92 Å². The third-order valence-corrected chi connectivity index (χ3v) is 0.599. The number of hydrogen-bond donors (Lipinski definition) is 2. The molecule has 0 saturated carbocycles. The first-order valence-corrected chi connectivity index (χ1v) is 2.27.